The smallest absolute Gasteiger partial charge is 0.155 e. The van der Waals surface area contributed by atoms with Crippen molar-refractivity contribution in [3.05, 3.63) is 29.8 Å². The summed E-state index contributed by atoms with van der Waals surface area (Å²) in [5.74, 6) is 0.963. The third kappa shape index (κ3) is 4.20. The van der Waals surface area contributed by atoms with Gasteiger partial charge in [-0.2, -0.15) is 0 Å². The van der Waals surface area contributed by atoms with Gasteiger partial charge >= 0.3 is 0 Å². The van der Waals surface area contributed by atoms with Crippen molar-refractivity contribution in [2.45, 2.75) is 43.9 Å². The van der Waals surface area contributed by atoms with Crippen molar-refractivity contribution in [1.82, 2.24) is 5.32 Å². The lowest BCUT2D eigenvalue weighted by molar-refractivity contribution is 0.414. The van der Waals surface area contributed by atoms with Crippen LogP contribution in [0.4, 0.5) is 0 Å². The molecule has 0 bridgehead atoms. The molecule has 0 radical (unpaired) electrons. The molecule has 0 amide bonds. The van der Waals surface area contributed by atoms with Crippen LogP contribution in [0.15, 0.2) is 24.3 Å². The van der Waals surface area contributed by atoms with E-state index in [9.17, 15) is 8.42 Å². The van der Waals surface area contributed by atoms with Crippen molar-refractivity contribution in [2.24, 2.45) is 0 Å². The molecule has 1 aliphatic rings. The van der Waals surface area contributed by atoms with Crippen molar-refractivity contribution < 1.29 is 13.2 Å². The summed E-state index contributed by atoms with van der Waals surface area (Å²) in [4.78, 5) is 0. The third-order valence-electron chi connectivity index (χ3n) is 4.18. The number of methoxy groups -OCH3 is 1. The van der Waals surface area contributed by atoms with Crippen LogP contribution in [0.5, 0.6) is 5.75 Å². The maximum Gasteiger partial charge on any atom is 0.155 e. The SMILES string of the molecule is CCNC(CS(=O)(=O)C1CCCC1)c1ccc(OC)cc1. The highest BCUT2D eigenvalue weighted by Gasteiger charge is 2.31. The van der Waals surface area contributed by atoms with Gasteiger partial charge in [0.1, 0.15) is 5.75 Å². The molecule has 1 aliphatic carbocycles. The van der Waals surface area contributed by atoms with Gasteiger partial charge in [-0.25, -0.2) is 8.42 Å². The Kier molecular flexibility index (Phi) is 5.65. The zero-order valence-corrected chi connectivity index (χ0v) is 13.7. The Morgan fingerprint density at radius 2 is 1.86 bits per heavy atom. The molecule has 0 heterocycles. The molecule has 1 saturated carbocycles. The molecular weight excluding hydrogens is 286 g/mol. The van der Waals surface area contributed by atoms with Gasteiger partial charge in [-0.15, -0.1) is 0 Å². The number of sulfone groups is 1. The van der Waals surface area contributed by atoms with Gasteiger partial charge in [0.25, 0.3) is 0 Å². The first-order valence-electron chi connectivity index (χ1n) is 7.65. The summed E-state index contributed by atoms with van der Waals surface area (Å²) in [5.41, 5.74) is 0.999. The summed E-state index contributed by atoms with van der Waals surface area (Å²) in [6.07, 6.45) is 3.73. The van der Waals surface area contributed by atoms with Crippen LogP contribution in [0, 0.1) is 0 Å². The van der Waals surface area contributed by atoms with Crippen molar-refractivity contribution >= 4 is 9.84 Å². The number of hydrogen-bond donors (Lipinski definition) is 1. The average molecular weight is 311 g/mol. The minimum absolute atomic E-state index is 0.142. The van der Waals surface area contributed by atoms with Crippen LogP contribution < -0.4 is 10.1 Å². The van der Waals surface area contributed by atoms with Crippen molar-refractivity contribution in [1.29, 1.82) is 0 Å². The van der Waals surface area contributed by atoms with Crippen molar-refractivity contribution in [3.63, 3.8) is 0 Å². The van der Waals surface area contributed by atoms with Crippen LogP contribution in [-0.2, 0) is 9.84 Å². The summed E-state index contributed by atoms with van der Waals surface area (Å²) >= 11 is 0. The van der Waals surface area contributed by atoms with Gasteiger partial charge in [0.15, 0.2) is 9.84 Å². The van der Waals surface area contributed by atoms with E-state index in [0.29, 0.717) is 0 Å². The van der Waals surface area contributed by atoms with Gasteiger partial charge in [0.2, 0.25) is 0 Å². The van der Waals surface area contributed by atoms with E-state index in [-0.39, 0.29) is 17.0 Å². The molecule has 4 nitrogen and oxygen atoms in total. The molecule has 1 N–H and O–H groups in total. The van der Waals surface area contributed by atoms with E-state index >= 15 is 0 Å². The lowest BCUT2D eigenvalue weighted by atomic mass is 10.1. The fourth-order valence-electron chi connectivity index (χ4n) is 2.97. The second kappa shape index (κ2) is 7.27. The standard InChI is InChI=1S/C16H25NO3S/c1-3-17-16(13-8-10-14(20-2)11-9-13)12-21(18,19)15-6-4-5-7-15/h8-11,15-17H,3-7,12H2,1-2H3. The van der Waals surface area contributed by atoms with Crippen LogP contribution in [0.2, 0.25) is 0 Å². The number of nitrogens with one attached hydrogen (secondary N) is 1. The lowest BCUT2D eigenvalue weighted by Crippen LogP contribution is -2.32. The number of rotatable bonds is 7. The Hall–Kier alpha value is -1.07. The van der Waals surface area contributed by atoms with Crippen LogP contribution in [-0.4, -0.2) is 33.1 Å². The number of ether oxygens (including phenoxy) is 1. The molecule has 1 aromatic rings. The Morgan fingerprint density at radius 1 is 1.24 bits per heavy atom. The van der Waals surface area contributed by atoms with Gasteiger partial charge in [-0.1, -0.05) is 31.9 Å². The summed E-state index contributed by atoms with van der Waals surface area (Å²) in [5, 5.41) is 3.15. The molecule has 2 rings (SSSR count). The summed E-state index contributed by atoms with van der Waals surface area (Å²) in [6.45, 7) is 2.75. The molecular formula is C16H25NO3S. The molecule has 0 aliphatic heterocycles. The van der Waals surface area contributed by atoms with Gasteiger partial charge in [0, 0.05) is 6.04 Å². The number of benzene rings is 1. The molecule has 1 atom stereocenters. The molecule has 21 heavy (non-hydrogen) atoms. The quantitative estimate of drug-likeness (QED) is 0.841. The minimum Gasteiger partial charge on any atom is -0.497 e. The van der Waals surface area contributed by atoms with Crippen LogP contribution >= 0.6 is 0 Å². The highest BCUT2D eigenvalue weighted by atomic mass is 32.2. The highest BCUT2D eigenvalue weighted by molar-refractivity contribution is 7.92. The molecule has 118 valence electrons. The fraction of sp³-hybridized carbons (Fsp3) is 0.625. The Morgan fingerprint density at radius 3 is 2.38 bits per heavy atom. The highest BCUT2D eigenvalue weighted by Crippen LogP contribution is 2.28. The van der Waals surface area contributed by atoms with E-state index in [1.165, 1.54) is 0 Å². The predicted octanol–water partition coefficient (Wildman–Crippen LogP) is 2.70. The minimum atomic E-state index is -3.04. The maximum absolute atomic E-state index is 12.5. The van der Waals surface area contributed by atoms with Gasteiger partial charge < -0.3 is 10.1 Å². The first-order chi connectivity index (χ1) is 10.1. The maximum atomic E-state index is 12.5. The Labute approximate surface area is 127 Å². The monoisotopic (exact) mass is 311 g/mol. The summed E-state index contributed by atoms with van der Waals surface area (Å²) < 4.78 is 30.3. The van der Waals surface area contributed by atoms with E-state index in [2.05, 4.69) is 5.32 Å². The van der Waals surface area contributed by atoms with Gasteiger partial charge in [-0.05, 0) is 37.1 Å². The second-order valence-corrected chi connectivity index (χ2v) is 7.95. The van der Waals surface area contributed by atoms with Crippen LogP contribution in [0.3, 0.4) is 0 Å². The molecule has 1 aromatic carbocycles. The van der Waals surface area contributed by atoms with Crippen LogP contribution in [0.25, 0.3) is 0 Å². The second-order valence-electron chi connectivity index (χ2n) is 5.62. The zero-order valence-electron chi connectivity index (χ0n) is 12.8. The van der Waals surface area contributed by atoms with E-state index in [0.717, 1.165) is 43.5 Å². The first kappa shape index (κ1) is 16.3. The van der Waals surface area contributed by atoms with Crippen molar-refractivity contribution in [2.75, 3.05) is 19.4 Å². The molecule has 1 fully saturated rings. The van der Waals surface area contributed by atoms with E-state index < -0.39 is 9.84 Å². The van der Waals surface area contributed by atoms with Crippen molar-refractivity contribution in [3.8, 4) is 5.75 Å². The zero-order chi connectivity index (χ0) is 15.3. The lowest BCUT2D eigenvalue weighted by Gasteiger charge is -2.21. The predicted molar refractivity (Wildman–Crippen MR) is 85.5 cm³/mol. The van der Waals surface area contributed by atoms with Gasteiger partial charge in [-0.3, -0.25) is 0 Å². The average Bonchev–Trinajstić information content (AvgIpc) is 3.02. The van der Waals surface area contributed by atoms with E-state index in [1.807, 2.05) is 31.2 Å². The summed E-state index contributed by atoms with van der Waals surface area (Å²) in [7, 11) is -1.41. The largest absolute Gasteiger partial charge is 0.497 e. The Bertz CT molecular complexity index is 533. The van der Waals surface area contributed by atoms with E-state index in [4.69, 9.17) is 4.74 Å². The Balaban J connectivity index is 2.14. The van der Waals surface area contributed by atoms with Crippen LogP contribution in [0.1, 0.15) is 44.2 Å². The topological polar surface area (TPSA) is 55.4 Å². The number of hydrogen-bond acceptors (Lipinski definition) is 4. The fourth-order valence-corrected chi connectivity index (χ4v) is 5.07. The summed E-state index contributed by atoms with van der Waals surface area (Å²) in [6, 6.07) is 7.49. The van der Waals surface area contributed by atoms with Gasteiger partial charge in [0.05, 0.1) is 18.1 Å². The first-order valence-corrected chi connectivity index (χ1v) is 9.37. The van der Waals surface area contributed by atoms with E-state index in [1.54, 1.807) is 7.11 Å². The molecule has 5 heteroatoms. The normalized spacial score (nSPS) is 17.8. The molecule has 1 unspecified atom stereocenters. The third-order valence-corrected chi connectivity index (χ3v) is 6.46. The molecule has 0 spiro atoms. The molecule has 0 saturated heterocycles. The molecule has 0 aromatic heterocycles.